The molecule has 23 heavy (non-hydrogen) atoms. The van der Waals surface area contributed by atoms with Crippen molar-refractivity contribution in [2.45, 2.75) is 12.8 Å². The third kappa shape index (κ3) is 3.88. The van der Waals surface area contributed by atoms with E-state index in [-0.39, 0.29) is 5.75 Å². The lowest BCUT2D eigenvalue weighted by atomic mass is 10.2. The second kappa shape index (κ2) is 6.54. The highest BCUT2D eigenvalue weighted by atomic mass is 32.2. The number of methoxy groups -OCH3 is 1. The summed E-state index contributed by atoms with van der Waals surface area (Å²) in [6, 6.07) is 4.54. The minimum absolute atomic E-state index is 0.102. The van der Waals surface area contributed by atoms with Crippen molar-refractivity contribution in [3.63, 3.8) is 0 Å². The molecule has 1 fully saturated rings. The predicted molar refractivity (Wildman–Crippen MR) is 89.6 cm³/mol. The molecule has 1 saturated heterocycles. The van der Waals surface area contributed by atoms with E-state index >= 15 is 0 Å². The molecule has 1 heterocycles. The number of nitrogens with one attached hydrogen (secondary N) is 1. The van der Waals surface area contributed by atoms with Crippen molar-refractivity contribution in [3.05, 3.63) is 18.2 Å². The van der Waals surface area contributed by atoms with Gasteiger partial charge in [0.1, 0.15) is 5.75 Å². The van der Waals surface area contributed by atoms with Crippen LogP contribution in [0.15, 0.2) is 18.2 Å². The molecule has 0 atom stereocenters. The maximum Gasteiger partial charge on any atom is 0.301 e. The van der Waals surface area contributed by atoms with E-state index in [1.165, 1.54) is 37.6 Å². The van der Waals surface area contributed by atoms with Gasteiger partial charge in [-0.25, -0.2) is 8.42 Å². The topological polar surface area (TPSA) is 96.0 Å². The van der Waals surface area contributed by atoms with Gasteiger partial charge in [-0.1, -0.05) is 0 Å². The zero-order chi connectivity index (χ0) is 17.3. The fourth-order valence-electron chi connectivity index (χ4n) is 2.25. The summed E-state index contributed by atoms with van der Waals surface area (Å²) in [6.45, 7) is 0.390. The normalized spacial score (nSPS) is 18.0. The first-order chi connectivity index (χ1) is 10.7. The molecule has 0 bridgehead atoms. The zero-order valence-corrected chi connectivity index (χ0v) is 14.9. The Hall–Kier alpha value is -1.52. The van der Waals surface area contributed by atoms with Crippen molar-refractivity contribution >= 4 is 31.6 Å². The van der Waals surface area contributed by atoms with E-state index in [9.17, 15) is 16.8 Å². The number of ether oxygens (including phenoxy) is 1. The first kappa shape index (κ1) is 17.8. The second-order valence-electron chi connectivity index (χ2n) is 5.37. The van der Waals surface area contributed by atoms with Crippen molar-refractivity contribution in [3.8, 4) is 5.75 Å². The summed E-state index contributed by atoms with van der Waals surface area (Å²) in [5, 5.41) is 0. The number of hydrogen-bond acceptors (Lipinski definition) is 5. The largest absolute Gasteiger partial charge is 0.494 e. The lowest BCUT2D eigenvalue weighted by Gasteiger charge is -2.29. The highest BCUT2D eigenvalue weighted by molar-refractivity contribution is 7.92. The highest BCUT2D eigenvalue weighted by Crippen LogP contribution is 2.35. The zero-order valence-electron chi connectivity index (χ0n) is 13.3. The quantitative estimate of drug-likeness (QED) is 0.836. The average Bonchev–Trinajstić information content (AvgIpc) is 2.46. The van der Waals surface area contributed by atoms with Gasteiger partial charge >= 0.3 is 10.2 Å². The molecule has 0 aromatic heterocycles. The summed E-state index contributed by atoms with van der Waals surface area (Å²) >= 11 is 0. The van der Waals surface area contributed by atoms with Crippen molar-refractivity contribution < 1.29 is 21.6 Å². The molecular weight excluding hydrogens is 342 g/mol. The van der Waals surface area contributed by atoms with Gasteiger partial charge < -0.3 is 4.74 Å². The monoisotopic (exact) mass is 363 g/mol. The minimum Gasteiger partial charge on any atom is -0.494 e. The predicted octanol–water partition coefficient (Wildman–Crippen LogP) is 0.844. The molecule has 0 aliphatic carbocycles. The highest BCUT2D eigenvalue weighted by Gasteiger charge is 2.28. The van der Waals surface area contributed by atoms with Crippen LogP contribution in [0.25, 0.3) is 0 Å². The number of sulfonamides is 1. The molecule has 2 rings (SSSR count). The molecule has 1 aromatic rings. The third-order valence-electron chi connectivity index (χ3n) is 3.53. The van der Waals surface area contributed by atoms with Crippen LogP contribution in [0.2, 0.25) is 0 Å². The number of benzene rings is 1. The molecule has 0 unspecified atom stereocenters. The van der Waals surface area contributed by atoms with Crippen molar-refractivity contribution in [2.24, 2.45) is 0 Å². The van der Waals surface area contributed by atoms with Crippen molar-refractivity contribution in [1.29, 1.82) is 0 Å². The Balaban J connectivity index is 2.37. The van der Waals surface area contributed by atoms with Gasteiger partial charge in [0.05, 0.1) is 24.2 Å². The van der Waals surface area contributed by atoms with E-state index in [1.807, 2.05) is 0 Å². The van der Waals surface area contributed by atoms with E-state index in [0.29, 0.717) is 30.1 Å². The molecule has 0 radical (unpaired) electrons. The van der Waals surface area contributed by atoms with Gasteiger partial charge in [0.25, 0.3) is 0 Å². The Morgan fingerprint density at radius 1 is 1.26 bits per heavy atom. The fraction of sp³-hybridized carbons (Fsp3) is 0.538. The van der Waals surface area contributed by atoms with Crippen LogP contribution in [-0.4, -0.2) is 54.6 Å². The van der Waals surface area contributed by atoms with E-state index in [2.05, 4.69) is 4.72 Å². The van der Waals surface area contributed by atoms with Crippen molar-refractivity contribution in [1.82, 2.24) is 4.31 Å². The summed E-state index contributed by atoms with van der Waals surface area (Å²) in [7, 11) is -2.77. The number of rotatable bonds is 5. The lowest BCUT2D eigenvalue weighted by Crippen LogP contribution is -2.38. The van der Waals surface area contributed by atoms with Gasteiger partial charge in [-0.3, -0.25) is 9.03 Å². The molecule has 0 amide bonds. The van der Waals surface area contributed by atoms with E-state index in [1.54, 1.807) is 6.07 Å². The smallest absolute Gasteiger partial charge is 0.301 e. The van der Waals surface area contributed by atoms with E-state index in [4.69, 9.17) is 4.74 Å². The first-order valence-corrected chi connectivity index (χ1v) is 10.1. The molecule has 1 N–H and O–H groups in total. The Morgan fingerprint density at radius 2 is 1.96 bits per heavy atom. The molecule has 10 heteroatoms. The van der Waals surface area contributed by atoms with E-state index in [0.717, 1.165) is 10.7 Å². The maximum absolute atomic E-state index is 12.2. The van der Waals surface area contributed by atoms with Crippen LogP contribution < -0.4 is 13.8 Å². The minimum atomic E-state index is -3.64. The number of nitrogens with zero attached hydrogens (tertiary/aromatic N) is 2. The van der Waals surface area contributed by atoms with Gasteiger partial charge in [-0.2, -0.15) is 12.7 Å². The summed E-state index contributed by atoms with van der Waals surface area (Å²) in [5.41, 5.74) is 0.716. The number of anilines is 2. The van der Waals surface area contributed by atoms with Crippen LogP contribution in [0.5, 0.6) is 5.75 Å². The molecule has 0 spiro atoms. The van der Waals surface area contributed by atoms with Crippen LogP contribution in [0.3, 0.4) is 0 Å². The summed E-state index contributed by atoms with van der Waals surface area (Å²) < 4.78 is 58.1. The molecule has 0 saturated carbocycles. The maximum atomic E-state index is 12.2. The van der Waals surface area contributed by atoms with Gasteiger partial charge in [-0.15, -0.1) is 0 Å². The van der Waals surface area contributed by atoms with Crippen molar-refractivity contribution in [2.75, 3.05) is 42.5 Å². The fourth-order valence-corrected chi connectivity index (χ4v) is 4.50. The lowest BCUT2D eigenvalue weighted by molar-refractivity contribution is 0.415. The Morgan fingerprint density at radius 3 is 2.52 bits per heavy atom. The Kier molecular flexibility index (Phi) is 5.07. The third-order valence-corrected chi connectivity index (χ3v) is 6.84. The van der Waals surface area contributed by atoms with Gasteiger partial charge in [0, 0.05) is 26.7 Å². The van der Waals surface area contributed by atoms with Gasteiger partial charge in [0.15, 0.2) is 0 Å². The van der Waals surface area contributed by atoms with Gasteiger partial charge in [0.2, 0.25) is 10.0 Å². The van der Waals surface area contributed by atoms with Crippen LogP contribution in [-0.2, 0) is 20.2 Å². The van der Waals surface area contributed by atoms with E-state index < -0.39 is 20.2 Å². The van der Waals surface area contributed by atoms with Crippen LogP contribution in [0.4, 0.5) is 11.4 Å². The van der Waals surface area contributed by atoms with Crippen LogP contribution in [0.1, 0.15) is 12.8 Å². The first-order valence-electron chi connectivity index (χ1n) is 7.06. The molecule has 1 aromatic carbocycles. The van der Waals surface area contributed by atoms with Gasteiger partial charge in [-0.05, 0) is 25.0 Å². The summed E-state index contributed by atoms with van der Waals surface area (Å²) in [6.07, 6.45) is 1.42. The molecule has 1 aliphatic heterocycles. The van der Waals surface area contributed by atoms with Crippen LogP contribution >= 0.6 is 0 Å². The van der Waals surface area contributed by atoms with Crippen LogP contribution in [0, 0.1) is 0 Å². The molecule has 130 valence electrons. The SMILES string of the molecule is COc1cc(NS(=O)(=O)N(C)C)ccc1N1CCCCS1(=O)=O. The second-order valence-corrected chi connectivity index (χ2v) is 9.27. The summed E-state index contributed by atoms with van der Waals surface area (Å²) in [4.78, 5) is 0. The number of hydrogen-bond donors (Lipinski definition) is 1. The Bertz CT molecular complexity index is 775. The average molecular weight is 363 g/mol. The molecular formula is C13H21N3O5S2. The summed E-state index contributed by atoms with van der Waals surface area (Å²) in [5.74, 6) is 0.403. The molecule has 8 nitrogen and oxygen atoms in total. The molecule has 1 aliphatic rings. The Labute approximate surface area is 137 Å². The standard InChI is InChI=1S/C13H21N3O5S2/c1-15(2)23(19,20)14-11-6-7-12(13(10-11)21-3)16-8-4-5-9-22(16,17)18/h6-7,10,14H,4-5,8-9H2,1-3H3.